The zero-order valence-corrected chi connectivity index (χ0v) is 16.3. The van der Waals surface area contributed by atoms with Gasteiger partial charge in [-0.25, -0.2) is 4.98 Å². The Labute approximate surface area is 161 Å². The van der Waals surface area contributed by atoms with Gasteiger partial charge in [-0.15, -0.1) is 11.3 Å². The minimum Gasteiger partial charge on any atom is -0.466 e. The second-order valence-electron chi connectivity index (χ2n) is 6.25. The topological polar surface area (TPSA) is 84.2 Å². The minimum absolute atomic E-state index is 0.0237. The van der Waals surface area contributed by atoms with Gasteiger partial charge in [0.25, 0.3) is 5.91 Å². The van der Waals surface area contributed by atoms with Crippen molar-refractivity contribution in [3.8, 4) is 11.3 Å². The van der Waals surface area contributed by atoms with Crippen LogP contribution in [0.5, 0.6) is 0 Å². The lowest BCUT2D eigenvalue weighted by atomic mass is 10.1. The largest absolute Gasteiger partial charge is 0.466 e. The summed E-state index contributed by atoms with van der Waals surface area (Å²) in [6, 6.07) is 9.75. The van der Waals surface area contributed by atoms with Crippen molar-refractivity contribution in [2.24, 2.45) is 0 Å². The molecule has 0 aliphatic carbocycles. The molecule has 140 valence electrons. The van der Waals surface area contributed by atoms with Crippen molar-refractivity contribution in [1.29, 1.82) is 0 Å². The lowest BCUT2D eigenvalue weighted by molar-refractivity contribution is -0.118. The highest BCUT2D eigenvalue weighted by Crippen LogP contribution is 2.26. The number of aryl methyl sites for hydroxylation is 2. The number of nitrogens with zero attached hydrogens (tertiary/aromatic N) is 1. The average Bonchev–Trinajstić information content (AvgIpc) is 3.21. The number of rotatable bonds is 6. The molecule has 0 unspecified atom stereocenters. The van der Waals surface area contributed by atoms with Crippen molar-refractivity contribution in [3.05, 3.63) is 58.4 Å². The minimum atomic E-state index is -0.224. The Bertz CT molecular complexity index is 957. The van der Waals surface area contributed by atoms with E-state index < -0.39 is 0 Å². The van der Waals surface area contributed by atoms with Crippen molar-refractivity contribution in [1.82, 2.24) is 10.3 Å². The maximum Gasteiger partial charge on any atom is 0.260 e. The van der Waals surface area contributed by atoms with Crippen LogP contribution in [0.1, 0.15) is 34.4 Å². The molecule has 2 aromatic heterocycles. The summed E-state index contributed by atoms with van der Waals surface area (Å²) in [5.74, 6) is 1.05. The van der Waals surface area contributed by atoms with E-state index in [1.807, 2.05) is 36.6 Å². The van der Waals surface area contributed by atoms with Crippen LogP contribution in [-0.2, 0) is 11.2 Å². The first-order valence-electron chi connectivity index (χ1n) is 8.60. The molecule has 0 bridgehead atoms. The Morgan fingerprint density at radius 3 is 2.56 bits per heavy atom. The number of hydrogen-bond acceptors (Lipinski definition) is 5. The van der Waals surface area contributed by atoms with E-state index in [2.05, 4.69) is 15.6 Å². The zero-order valence-electron chi connectivity index (χ0n) is 15.5. The van der Waals surface area contributed by atoms with Crippen LogP contribution in [0, 0.1) is 13.8 Å². The molecule has 3 rings (SSSR count). The number of aromatic nitrogens is 1. The smallest absolute Gasteiger partial charge is 0.260 e. The molecule has 6 nitrogen and oxygen atoms in total. The molecular formula is C20H21N3O3S. The van der Waals surface area contributed by atoms with Crippen LogP contribution in [-0.4, -0.2) is 23.3 Å². The van der Waals surface area contributed by atoms with Crippen LogP contribution in [0.15, 0.2) is 40.1 Å². The van der Waals surface area contributed by atoms with Gasteiger partial charge in [-0.2, -0.15) is 0 Å². The third-order valence-corrected chi connectivity index (χ3v) is 4.81. The van der Waals surface area contributed by atoms with Crippen molar-refractivity contribution in [2.45, 2.75) is 27.2 Å². The molecule has 0 saturated heterocycles. The molecule has 2 amide bonds. The first-order valence-corrected chi connectivity index (χ1v) is 9.48. The van der Waals surface area contributed by atoms with Crippen molar-refractivity contribution < 1.29 is 14.0 Å². The van der Waals surface area contributed by atoms with Crippen molar-refractivity contribution >= 4 is 28.3 Å². The fraction of sp³-hybridized carbons (Fsp3) is 0.250. The van der Waals surface area contributed by atoms with E-state index in [0.29, 0.717) is 28.8 Å². The molecule has 2 N–H and O–H groups in total. The third kappa shape index (κ3) is 4.83. The van der Waals surface area contributed by atoms with Crippen LogP contribution in [0.3, 0.4) is 0 Å². The highest BCUT2D eigenvalue weighted by molar-refractivity contribution is 7.14. The molecule has 7 heteroatoms. The summed E-state index contributed by atoms with van der Waals surface area (Å²) in [5, 5.41) is 8.06. The zero-order chi connectivity index (χ0) is 19.4. The van der Waals surface area contributed by atoms with Gasteiger partial charge in [0.15, 0.2) is 5.13 Å². The normalized spacial score (nSPS) is 10.6. The quantitative estimate of drug-likeness (QED) is 0.675. The third-order valence-electron chi connectivity index (χ3n) is 4.05. The van der Waals surface area contributed by atoms with Gasteiger partial charge in [0, 0.05) is 24.4 Å². The van der Waals surface area contributed by atoms with Gasteiger partial charge in [-0.3, -0.25) is 14.9 Å². The molecule has 2 heterocycles. The fourth-order valence-electron chi connectivity index (χ4n) is 2.71. The van der Waals surface area contributed by atoms with E-state index in [-0.39, 0.29) is 11.8 Å². The highest BCUT2D eigenvalue weighted by atomic mass is 32.1. The molecule has 0 fully saturated rings. The summed E-state index contributed by atoms with van der Waals surface area (Å²) >= 11 is 1.38. The van der Waals surface area contributed by atoms with E-state index in [1.165, 1.54) is 18.3 Å². The first-order chi connectivity index (χ1) is 12.9. The number of anilines is 1. The lowest BCUT2D eigenvalue weighted by Crippen LogP contribution is -2.22. The van der Waals surface area contributed by atoms with Crippen LogP contribution in [0.25, 0.3) is 11.3 Å². The van der Waals surface area contributed by atoms with Gasteiger partial charge < -0.3 is 9.73 Å². The van der Waals surface area contributed by atoms with E-state index in [0.717, 1.165) is 23.2 Å². The Morgan fingerprint density at radius 2 is 1.93 bits per heavy atom. The average molecular weight is 383 g/mol. The molecule has 27 heavy (non-hydrogen) atoms. The summed E-state index contributed by atoms with van der Waals surface area (Å²) in [6.07, 6.45) is 0.779. The van der Waals surface area contributed by atoms with E-state index in [9.17, 15) is 9.59 Å². The molecular weight excluding hydrogens is 362 g/mol. The van der Waals surface area contributed by atoms with Gasteiger partial charge >= 0.3 is 0 Å². The molecule has 0 aliphatic rings. The van der Waals surface area contributed by atoms with Crippen LogP contribution in [0.4, 0.5) is 5.13 Å². The molecule has 0 radical (unpaired) electrons. The monoisotopic (exact) mass is 383 g/mol. The van der Waals surface area contributed by atoms with Gasteiger partial charge in [0.1, 0.15) is 11.5 Å². The SMILES string of the molecule is CC(=O)NCCc1ccc(-c2csc(NC(=O)c3cc(C)oc3C)n2)cc1. The number of carbonyl (C=O) groups excluding carboxylic acids is 2. The Hall–Kier alpha value is -2.93. The maximum atomic E-state index is 12.4. The molecule has 0 atom stereocenters. The van der Waals surface area contributed by atoms with Crippen molar-refractivity contribution in [3.63, 3.8) is 0 Å². The summed E-state index contributed by atoms with van der Waals surface area (Å²) in [4.78, 5) is 27.8. The number of nitrogens with one attached hydrogen (secondary N) is 2. The second-order valence-corrected chi connectivity index (χ2v) is 7.11. The van der Waals surface area contributed by atoms with E-state index in [4.69, 9.17) is 4.42 Å². The first kappa shape index (κ1) is 18.8. The Kier molecular flexibility index (Phi) is 5.71. The van der Waals surface area contributed by atoms with E-state index >= 15 is 0 Å². The number of amides is 2. The molecule has 3 aromatic rings. The number of thiazole rings is 1. The van der Waals surface area contributed by atoms with Gasteiger partial charge in [-0.1, -0.05) is 24.3 Å². The van der Waals surface area contributed by atoms with E-state index in [1.54, 1.807) is 13.0 Å². The fourth-order valence-corrected chi connectivity index (χ4v) is 3.42. The maximum absolute atomic E-state index is 12.4. The molecule has 0 spiro atoms. The Balaban J connectivity index is 1.64. The summed E-state index contributed by atoms with van der Waals surface area (Å²) in [7, 11) is 0. The van der Waals surface area contributed by atoms with Gasteiger partial charge in [0.05, 0.1) is 11.3 Å². The number of benzene rings is 1. The summed E-state index contributed by atoms with van der Waals surface area (Å²) in [6.45, 7) is 5.71. The highest BCUT2D eigenvalue weighted by Gasteiger charge is 2.15. The molecule has 0 aliphatic heterocycles. The predicted octanol–water partition coefficient (Wildman–Crippen LogP) is 3.95. The van der Waals surface area contributed by atoms with Crippen LogP contribution in [0.2, 0.25) is 0 Å². The van der Waals surface area contributed by atoms with Crippen LogP contribution >= 0.6 is 11.3 Å². The number of hydrogen-bond donors (Lipinski definition) is 2. The van der Waals surface area contributed by atoms with Gasteiger partial charge in [0.2, 0.25) is 5.91 Å². The Morgan fingerprint density at radius 1 is 1.19 bits per heavy atom. The number of furan rings is 1. The number of carbonyl (C=O) groups is 2. The van der Waals surface area contributed by atoms with Crippen molar-refractivity contribution in [2.75, 3.05) is 11.9 Å². The summed E-state index contributed by atoms with van der Waals surface area (Å²) in [5.41, 5.74) is 3.45. The lowest BCUT2D eigenvalue weighted by Gasteiger charge is -2.04. The molecule has 1 aromatic carbocycles. The standard InChI is InChI=1S/C20H21N3O3S/c1-12-10-17(13(2)26-12)19(25)23-20-22-18(11-27-20)16-6-4-15(5-7-16)8-9-21-14(3)24/h4-7,10-11H,8-9H2,1-3H3,(H,21,24)(H,22,23,25). The van der Waals surface area contributed by atoms with Crippen LogP contribution < -0.4 is 10.6 Å². The van der Waals surface area contributed by atoms with Gasteiger partial charge in [-0.05, 0) is 31.9 Å². The molecule has 0 saturated carbocycles. The second kappa shape index (κ2) is 8.18. The summed E-state index contributed by atoms with van der Waals surface area (Å²) < 4.78 is 5.40. The predicted molar refractivity (Wildman–Crippen MR) is 106 cm³/mol.